The summed E-state index contributed by atoms with van der Waals surface area (Å²) in [6, 6.07) is 30.4. The van der Waals surface area contributed by atoms with Crippen molar-refractivity contribution in [3.63, 3.8) is 0 Å². The number of rotatable bonds is 11. The Morgan fingerprint density at radius 3 is 1.58 bits per heavy atom. The van der Waals surface area contributed by atoms with Crippen LogP contribution in [0.5, 0.6) is 0 Å². The van der Waals surface area contributed by atoms with Gasteiger partial charge in [0.1, 0.15) is 0 Å². The van der Waals surface area contributed by atoms with Gasteiger partial charge in [-0.1, -0.05) is 117 Å². The second kappa shape index (κ2) is 23.3. The van der Waals surface area contributed by atoms with Gasteiger partial charge in [-0.25, -0.2) is 0 Å². The summed E-state index contributed by atoms with van der Waals surface area (Å²) in [5, 5.41) is 13.8. The van der Waals surface area contributed by atoms with Crippen molar-refractivity contribution in [2.45, 2.75) is 144 Å². The van der Waals surface area contributed by atoms with Gasteiger partial charge >= 0.3 is 0 Å². The Kier molecular flexibility index (Phi) is 16.6. The van der Waals surface area contributed by atoms with E-state index in [9.17, 15) is 9.90 Å². The first kappa shape index (κ1) is 44.2. The van der Waals surface area contributed by atoms with Crippen LogP contribution in [0.2, 0.25) is 0 Å². The molecule has 4 aromatic carbocycles. The number of pyridine rings is 2. The summed E-state index contributed by atoms with van der Waals surface area (Å²) in [7, 11) is 0. The summed E-state index contributed by atoms with van der Waals surface area (Å²) >= 11 is 0. The smallest absolute Gasteiger partial charge is 0.162 e. The molecule has 0 amide bonds. The Bertz CT molecular complexity index is 2560. The maximum Gasteiger partial charge on any atom is 0.162 e. The topological polar surface area (TPSA) is 63.1 Å². The van der Waals surface area contributed by atoms with Crippen LogP contribution in [-0.2, 0) is 24.9 Å². The van der Waals surface area contributed by atoms with Gasteiger partial charge in [-0.15, -0.1) is 69.8 Å². The first-order valence-corrected chi connectivity index (χ1v) is 23.0. The molecule has 4 nitrogen and oxygen atoms in total. The summed E-state index contributed by atoms with van der Waals surface area (Å²) in [5.41, 5.74) is 10.8. The van der Waals surface area contributed by atoms with Gasteiger partial charge in [0.2, 0.25) is 0 Å². The fraction of sp³-hybridized carbons (Fsp3) is 0.421. The van der Waals surface area contributed by atoms with Gasteiger partial charge in [-0.05, 0) is 119 Å². The molecular formula is C57H68IrN2O2-2. The largest absolute Gasteiger partial charge is 0.512 e. The normalized spacial score (nSPS) is 15.1. The summed E-state index contributed by atoms with van der Waals surface area (Å²) in [6.07, 6.45) is 15.6. The zero-order chi connectivity index (χ0) is 46.1. The molecule has 1 radical (unpaired) electrons. The number of aryl methyl sites for hydroxylation is 4. The molecule has 6 aromatic rings. The number of carbonyl (C=O) groups excluding carboxylic acids is 1. The monoisotopic (exact) mass is 1010 g/mol. The van der Waals surface area contributed by atoms with Gasteiger partial charge in [0.15, 0.2) is 5.78 Å². The molecule has 5 heteroatoms. The molecule has 2 fully saturated rings. The predicted molar refractivity (Wildman–Crippen MR) is 257 cm³/mol. The number of benzene rings is 4. The number of allylic oxidation sites excluding steroid dienone is 2. The van der Waals surface area contributed by atoms with Crippen molar-refractivity contribution in [2.75, 3.05) is 0 Å². The number of aliphatic hydroxyl groups is 1. The molecule has 0 bridgehead atoms. The van der Waals surface area contributed by atoms with E-state index < -0.39 is 0 Å². The van der Waals surface area contributed by atoms with Crippen LogP contribution in [0, 0.1) is 51.7 Å². The first-order chi connectivity index (χ1) is 30.7. The van der Waals surface area contributed by atoms with Gasteiger partial charge in [-0.2, -0.15) is 0 Å². The Labute approximate surface area is 390 Å². The van der Waals surface area contributed by atoms with E-state index in [2.05, 4.69) is 104 Å². The summed E-state index contributed by atoms with van der Waals surface area (Å²) in [6.45, 7) is 16.3. The van der Waals surface area contributed by atoms with Crippen molar-refractivity contribution in [1.29, 1.82) is 0 Å². The van der Waals surface area contributed by atoms with Crippen molar-refractivity contribution >= 4 is 27.3 Å². The zero-order valence-electron chi connectivity index (χ0n) is 41.3. The average molecular weight is 1010 g/mol. The van der Waals surface area contributed by atoms with Crippen molar-refractivity contribution < 1.29 is 34.1 Å². The third-order valence-corrected chi connectivity index (χ3v) is 12.9. The van der Waals surface area contributed by atoms with Crippen LogP contribution in [0.15, 0.2) is 97.0 Å². The predicted octanol–water partition coefficient (Wildman–Crippen LogP) is 15.8. The van der Waals surface area contributed by atoms with Crippen LogP contribution in [0.1, 0.15) is 154 Å². The molecule has 0 aliphatic heterocycles. The van der Waals surface area contributed by atoms with Gasteiger partial charge in [0.05, 0.1) is 9.87 Å². The SMILES string of the molecule is CCC(CC)C(=O)/C=C(\O)C(CC)CC.[2H]c1cc2cc(C3CCCC3)ccc2c(-c2[c-]c(C)cc(C)c2)n1.[2H]c1nc(-c2[c-]c(C)cc(C)c2)c2ccc(C3CCCC3)cc2c1[2H].[Ir]. The molecule has 0 atom stereocenters. The van der Waals surface area contributed by atoms with E-state index >= 15 is 0 Å². The second-order valence-corrected chi connectivity index (χ2v) is 17.6. The number of ketones is 1. The molecule has 2 heterocycles. The maximum atomic E-state index is 11.7. The Morgan fingerprint density at radius 2 is 1.11 bits per heavy atom. The van der Waals surface area contributed by atoms with Crippen LogP contribution in [0.4, 0.5) is 0 Å². The van der Waals surface area contributed by atoms with Gasteiger partial charge in [0.25, 0.3) is 0 Å². The Hall–Kier alpha value is -4.44. The summed E-state index contributed by atoms with van der Waals surface area (Å²) in [5.74, 6) is 1.83. The minimum Gasteiger partial charge on any atom is -0.512 e. The van der Waals surface area contributed by atoms with Crippen molar-refractivity contribution in [3.05, 3.63) is 142 Å². The number of hydrogen-bond acceptors (Lipinski definition) is 4. The summed E-state index contributed by atoms with van der Waals surface area (Å²) < 4.78 is 24.6. The van der Waals surface area contributed by atoms with Crippen LogP contribution in [0.25, 0.3) is 44.1 Å². The molecule has 0 saturated heterocycles. The molecule has 8 rings (SSSR count). The van der Waals surface area contributed by atoms with Gasteiger partial charge in [0, 0.05) is 50.4 Å². The molecule has 2 saturated carbocycles. The fourth-order valence-electron chi connectivity index (χ4n) is 9.48. The molecular weight excluding hydrogens is 937 g/mol. The van der Waals surface area contributed by atoms with E-state index in [1.165, 1.54) is 74.1 Å². The average Bonchev–Trinajstić information content (AvgIpc) is 4.02. The molecule has 62 heavy (non-hydrogen) atoms. The number of nitrogens with zero attached hydrogens (tertiary/aromatic N) is 2. The quantitative estimate of drug-likeness (QED) is 0.0798. The third-order valence-electron chi connectivity index (χ3n) is 12.9. The van der Waals surface area contributed by atoms with E-state index in [1.54, 1.807) is 0 Å². The molecule has 0 unspecified atom stereocenters. The van der Waals surface area contributed by atoms with Crippen LogP contribution >= 0.6 is 0 Å². The maximum absolute atomic E-state index is 11.7. The van der Waals surface area contributed by atoms with E-state index in [0.29, 0.717) is 18.0 Å². The van der Waals surface area contributed by atoms with Gasteiger partial charge < -0.3 is 15.1 Å². The zero-order valence-corrected chi connectivity index (χ0v) is 40.7. The van der Waals surface area contributed by atoms with Crippen LogP contribution in [0.3, 0.4) is 0 Å². The van der Waals surface area contributed by atoms with Crippen molar-refractivity contribution in [2.24, 2.45) is 11.8 Å². The van der Waals surface area contributed by atoms with E-state index in [1.807, 2.05) is 40.7 Å². The van der Waals surface area contributed by atoms with Crippen molar-refractivity contribution in [1.82, 2.24) is 9.97 Å². The second-order valence-electron chi connectivity index (χ2n) is 17.6. The number of aliphatic hydroxyl groups excluding tert-OH is 1. The molecule has 2 aliphatic carbocycles. The van der Waals surface area contributed by atoms with E-state index in [4.69, 9.17) is 4.11 Å². The summed E-state index contributed by atoms with van der Waals surface area (Å²) in [4.78, 5) is 20.7. The molecule has 0 spiro atoms. The van der Waals surface area contributed by atoms with Crippen LogP contribution in [-0.4, -0.2) is 20.9 Å². The number of hydrogen-bond donors (Lipinski definition) is 1. The first-order valence-electron chi connectivity index (χ1n) is 24.5. The molecule has 2 aromatic heterocycles. The van der Waals surface area contributed by atoms with E-state index in [-0.39, 0.29) is 55.7 Å². The standard InChI is InChI=1S/2C22H22N.C13H24O2.Ir/c2*1-15-11-16(2)13-20(12-15)22-21-8-7-18(17-5-3-4-6-17)14-19(21)9-10-23-22;1-5-10(6-2)12(14)9-13(15)11(7-3)8-4;/h2*7-12,14,17H,3-6H2,1-2H3;9-11,14H,5-8H2,1-4H3;/q2*-1;;/b;;12-9-;/i9D,10D;10D;;. The Morgan fingerprint density at radius 1 is 0.661 bits per heavy atom. The van der Waals surface area contributed by atoms with Gasteiger partial charge in [-0.3, -0.25) is 4.79 Å². The van der Waals surface area contributed by atoms with Crippen molar-refractivity contribution in [3.8, 4) is 22.5 Å². The van der Waals surface area contributed by atoms with E-state index in [0.717, 1.165) is 86.4 Å². The number of carbonyl (C=O) groups is 1. The third kappa shape index (κ3) is 12.4. The van der Waals surface area contributed by atoms with Crippen LogP contribution < -0.4 is 0 Å². The number of fused-ring (bicyclic) bond motifs is 2. The molecule has 329 valence electrons. The fourth-order valence-corrected chi connectivity index (χ4v) is 9.48. The molecule has 2 aliphatic rings. The Balaban J connectivity index is 0.000000188. The minimum absolute atomic E-state index is 0. The minimum atomic E-state index is 0. The molecule has 1 N–H and O–H groups in total. The number of aromatic nitrogens is 2.